The Kier molecular flexibility index (Phi) is 7.22. The van der Waals surface area contributed by atoms with Gasteiger partial charge in [0.1, 0.15) is 0 Å². The van der Waals surface area contributed by atoms with Crippen LogP contribution >= 0.6 is 11.3 Å². The first-order valence-corrected chi connectivity index (χ1v) is 10.8. The van der Waals surface area contributed by atoms with Crippen LogP contribution in [0.15, 0.2) is 29.6 Å². The number of hydrogen-bond acceptors (Lipinski definition) is 6. The normalized spacial score (nSPS) is 19.6. The molecule has 1 saturated heterocycles. The van der Waals surface area contributed by atoms with Crippen LogP contribution in [0.3, 0.4) is 0 Å². The van der Waals surface area contributed by atoms with Gasteiger partial charge in [-0.25, -0.2) is 9.78 Å². The van der Waals surface area contributed by atoms with Crippen LogP contribution in [-0.2, 0) is 11.3 Å². The van der Waals surface area contributed by atoms with E-state index < -0.39 is 6.09 Å². The molecule has 8 heteroatoms. The summed E-state index contributed by atoms with van der Waals surface area (Å²) in [6, 6.07) is 6.71. The number of nitrogens with zero attached hydrogens (tertiary/aromatic N) is 2. The number of aromatic nitrogens is 1. The number of anilines is 2. The predicted molar refractivity (Wildman–Crippen MR) is 115 cm³/mol. The molecule has 2 aromatic rings. The molecule has 0 saturated carbocycles. The quantitative estimate of drug-likeness (QED) is 0.727. The van der Waals surface area contributed by atoms with Crippen LogP contribution in [-0.4, -0.2) is 41.6 Å². The summed E-state index contributed by atoms with van der Waals surface area (Å²) in [6.07, 6.45) is 0.731. The molecule has 3 rings (SSSR count). The van der Waals surface area contributed by atoms with Gasteiger partial charge in [0.15, 0.2) is 5.13 Å². The number of rotatable bonds is 6. The van der Waals surface area contributed by atoms with Gasteiger partial charge in [0, 0.05) is 36.3 Å². The van der Waals surface area contributed by atoms with Gasteiger partial charge < -0.3 is 4.74 Å². The van der Waals surface area contributed by atoms with Gasteiger partial charge in [-0.05, 0) is 43.4 Å². The molecule has 0 radical (unpaired) electrons. The molecule has 29 heavy (non-hydrogen) atoms. The van der Waals surface area contributed by atoms with Crippen molar-refractivity contribution >= 4 is 34.2 Å². The van der Waals surface area contributed by atoms with Gasteiger partial charge in [-0.3, -0.25) is 20.3 Å². The monoisotopic (exact) mass is 416 g/mol. The molecule has 1 aliphatic rings. The lowest BCUT2D eigenvalue weighted by atomic mass is 9.92. The van der Waals surface area contributed by atoms with E-state index in [0.29, 0.717) is 28.2 Å². The Morgan fingerprint density at radius 3 is 2.72 bits per heavy atom. The number of ether oxygens (including phenoxy) is 1. The second kappa shape index (κ2) is 9.84. The topological polar surface area (TPSA) is 83.6 Å². The molecule has 7 nitrogen and oxygen atoms in total. The van der Waals surface area contributed by atoms with Gasteiger partial charge >= 0.3 is 6.09 Å². The van der Waals surface area contributed by atoms with Gasteiger partial charge in [-0.15, -0.1) is 11.3 Å². The number of hydrogen-bond donors (Lipinski definition) is 2. The number of amides is 2. The van der Waals surface area contributed by atoms with Crippen LogP contribution in [0.5, 0.6) is 0 Å². The van der Waals surface area contributed by atoms with Crippen LogP contribution in [0.25, 0.3) is 0 Å². The van der Waals surface area contributed by atoms with E-state index in [4.69, 9.17) is 4.74 Å². The van der Waals surface area contributed by atoms with Crippen molar-refractivity contribution in [1.82, 2.24) is 9.88 Å². The van der Waals surface area contributed by atoms with E-state index in [0.717, 1.165) is 25.3 Å². The van der Waals surface area contributed by atoms with E-state index in [2.05, 4.69) is 34.4 Å². The van der Waals surface area contributed by atoms with Crippen molar-refractivity contribution in [3.05, 3.63) is 40.9 Å². The maximum atomic E-state index is 12.6. The number of carbonyl (C=O) groups is 2. The Morgan fingerprint density at radius 1 is 1.24 bits per heavy atom. The highest BCUT2D eigenvalue weighted by atomic mass is 32.1. The molecular formula is C21H28N4O3S. The fraction of sp³-hybridized carbons (Fsp3) is 0.476. The highest BCUT2D eigenvalue weighted by molar-refractivity contribution is 7.14. The van der Waals surface area contributed by atoms with Crippen LogP contribution in [0, 0.1) is 11.8 Å². The summed E-state index contributed by atoms with van der Waals surface area (Å²) in [5.41, 5.74) is 1.92. The van der Waals surface area contributed by atoms with E-state index in [1.54, 1.807) is 31.2 Å². The molecule has 156 valence electrons. The molecule has 1 aliphatic heterocycles. The van der Waals surface area contributed by atoms with Crippen molar-refractivity contribution in [2.24, 2.45) is 11.8 Å². The third-order valence-electron chi connectivity index (χ3n) is 4.75. The zero-order valence-electron chi connectivity index (χ0n) is 17.1. The highest BCUT2D eigenvalue weighted by Crippen LogP contribution is 2.24. The lowest BCUT2D eigenvalue weighted by Crippen LogP contribution is -2.38. The predicted octanol–water partition coefficient (Wildman–Crippen LogP) is 4.44. The average molecular weight is 417 g/mol. The largest absolute Gasteiger partial charge is 0.450 e. The molecule has 2 N–H and O–H groups in total. The summed E-state index contributed by atoms with van der Waals surface area (Å²) < 4.78 is 4.86. The SMILES string of the molecule is CCOC(=O)Nc1cccc(C(=O)Nc2nc(CN3C[C@@H](C)C[C@H](C)C3)cs2)c1. The first-order valence-electron chi connectivity index (χ1n) is 9.95. The van der Waals surface area contributed by atoms with Crippen molar-refractivity contribution in [2.45, 2.75) is 33.7 Å². The first kappa shape index (κ1) is 21.3. The third-order valence-corrected chi connectivity index (χ3v) is 5.56. The lowest BCUT2D eigenvalue weighted by Gasteiger charge is -2.34. The molecule has 0 unspecified atom stereocenters. The number of piperidine rings is 1. The smallest absolute Gasteiger partial charge is 0.411 e. The molecular weight excluding hydrogens is 388 g/mol. The van der Waals surface area contributed by atoms with Crippen molar-refractivity contribution < 1.29 is 14.3 Å². The molecule has 2 atom stereocenters. The standard InChI is InChI=1S/C21H28N4O3S/c1-4-28-21(27)23-17-7-5-6-16(9-17)19(26)24-20-22-18(13-29-20)12-25-10-14(2)8-15(3)11-25/h5-7,9,13-15H,4,8,10-12H2,1-3H3,(H,23,27)(H,22,24,26)/t14-,15-/m0/s1. The Balaban J connectivity index is 1.58. The van der Waals surface area contributed by atoms with Crippen LogP contribution in [0.1, 0.15) is 43.2 Å². The fourth-order valence-electron chi connectivity index (χ4n) is 3.78. The molecule has 0 aliphatic carbocycles. The summed E-state index contributed by atoms with van der Waals surface area (Å²) >= 11 is 1.42. The number of likely N-dealkylation sites (tertiary alicyclic amines) is 1. The van der Waals surface area contributed by atoms with Crippen molar-refractivity contribution in [3.8, 4) is 0 Å². The fourth-order valence-corrected chi connectivity index (χ4v) is 4.48. The summed E-state index contributed by atoms with van der Waals surface area (Å²) in [5.74, 6) is 1.14. The number of nitrogens with one attached hydrogen (secondary N) is 2. The van der Waals surface area contributed by atoms with E-state index in [1.807, 2.05) is 5.38 Å². The van der Waals surface area contributed by atoms with E-state index in [1.165, 1.54) is 17.8 Å². The zero-order valence-corrected chi connectivity index (χ0v) is 17.9. The van der Waals surface area contributed by atoms with E-state index in [9.17, 15) is 9.59 Å². The second-order valence-electron chi connectivity index (χ2n) is 7.66. The summed E-state index contributed by atoms with van der Waals surface area (Å²) in [6.45, 7) is 9.58. The Morgan fingerprint density at radius 2 is 2.00 bits per heavy atom. The Bertz CT molecular complexity index is 844. The summed E-state index contributed by atoms with van der Waals surface area (Å²) in [5, 5.41) is 8.02. The minimum Gasteiger partial charge on any atom is -0.450 e. The molecule has 2 heterocycles. The Hall–Kier alpha value is -2.45. The summed E-state index contributed by atoms with van der Waals surface area (Å²) in [7, 11) is 0. The minimum atomic E-state index is -0.545. The van der Waals surface area contributed by atoms with Gasteiger partial charge in [0.25, 0.3) is 5.91 Å². The van der Waals surface area contributed by atoms with Crippen LogP contribution in [0.2, 0.25) is 0 Å². The maximum absolute atomic E-state index is 12.6. The molecule has 0 spiro atoms. The number of benzene rings is 1. The third kappa shape index (κ3) is 6.27. The molecule has 2 amide bonds. The van der Waals surface area contributed by atoms with E-state index in [-0.39, 0.29) is 12.5 Å². The van der Waals surface area contributed by atoms with Gasteiger partial charge in [-0.1, -0.05) is 19.9 Å². The van der Waals surface area contributed by atoms with Gasteiger partial charge in [-0.2, -0.15) is 0 Å². The van der Waals surface area contributed by atoms with Crippen molar-refractivity contribution in [3.63, 3.8) is 0 Å². The minimum absolute atomic E-state index is 0.265. The van der Waals surface area contributed by atoms with Gasteiger partial charge in [0.05, 0.1) is 12.3 Å². The van der Waals surface area contributed by atoms with E-state index >= 15 is 0 Å². The second-order valence-corrected chi connectivity index (χ2v) is 8.52. The Labute approximate surface area is 175 Å². The van der Waals surface area contributed by atoms with Crippen LogP contribution in [0.4, 0.5) is 15.6 Å². The number of carbonyl (C=O) groups excluding carboxylic acids is 2. The molecule has 1 fully saturated rings. The van der Waals surface area contributed by atoms with Crippen LogP contribution < -0.4 is 10.6 Å². The van der Waals surface area contributed by atoms with Crippen molar-refractivity contribution in [1.29, 1.82) is 0 Å². The highest BCUT2D eigenvalue weighted by Gasteiger charge is 2.22. The lowest BCUT2D eigenvalue weighted by molar-refractivity contribution is 0.102. The average Bonchev–Trinajstić information content (AvgIpc) is 3.08. The molecule has 1 aromatic carbocycles. The summed E-state index contributed by atoms with van der Waals surface area (Å²) in [4.78, 5) is 31.1. The first-order chi connectivity index (χ1) is 13.9. The van der Waals surface area contributed by atoms with Gasteiger partial charge in [0.2, 0.25) is 0 Å². The van der Waals surface area contributed by atoms with Crippen molar-refractivity contribution in [2.75, 3.05) is 30.3 Å². The molecule has 0 bridgehead atoms. The maximum Gasteiger partial charge on any atom is 0.411 e. The zero-order chi connectivity index (χ0) is 20.8. The number of thiazole rings is 1. The molecule has 1 aromatic heterocycles.